The van der Waals surface area contributed by atoms with Crippen molar-refractivity contribution >= 4 is 5.65 Å². The Balaban J connectivity index is 1.58. The molecule has 2 aromatic heterocycles. The Hall–Kier alpha value is -2.43. The van der Waals surface area contributed by atoms with E-state index >= 15 is 0 Å². The SMILES string of the molecule is CC12CCC(c3nnc4c(Oc5ccccc5F)cccn34)(CC1)C2. The van der Waals surface area contributed by atoms with Crippen LogP contribution in [0.25, 0.3) is 5.65 Å². The zero-order chi connectivity index (χ0) is 17.1. The lowest BCUT2D eigenvalue weighted by Gasteiger charge is -2.24. The summed E-state index contributed by atoms with van der Waals surface area (Å²) >= 11 is 0. The summed E-state index contributed by atoms with van der Waals surface area (Å²) < 4.78 is 21.8. The van der Waals surface area contributed by atoms with Crippen LogP contribution >= 0.6 is 0 Å². The average molecular weight is 337 g/mol. The first-order chi connectivity index (χ1) is 12.1. The molecule has 0 N–H and O–H groups in total. The maximum absolute atomic E-state index is 13.9. The van der Waals surface area contributed by atoms with E-state index in [2.05, 4.69) is 17.1 Å². The van der Waals surface area contributed by atoms with Gasteiger partial charge in [0.25, 0.3) is 0 Å². The molecule has 2 aliphatic rings. The van der Waals surface area contributed by atoms with Gasteiger partial charge in [-0.25, -0.2) is 4.39 Å². The van der Waals surface area contributed by atoms with Gasteiger partial charge >= 0.3 is 0 Å². The molecule has 2 fully saturated rings. The molecule has 5 rings (SSSR count). The Morgan fingerprint density at radius 1 is 1.00 bits per heavy atom. The highest BCUT2D eigenvalue weighted by Crippen LogP contribution is 2.61. The van der Waals surface area contributed by atoms with Gasteiger partial charge in [-0.15, -0.1) is 10.2 Å². The first-order valence-corrected chi connectivity index (χ1v) is 8.85. The molecule has 0 amide bonds. The number of halogens is 1. The molecule has 4 nitrogen and oxygen atoms in total. The molecular weight excluding hydrogens is 317 g/mol. The smallest absolute Gasteiger partial charge is 0.203 e. The summed E-state index contributed by atoms with van der Waals surface area (Å²) in [6.45, 7) is 2.39. The summed E-state index contributed by atoms with van der Waals surface area (Å²) in [7, 11) is 0. The van der Waals surface area contributed by atoms with Crippen molar-refractivity contribution in [1.82, 2.24) is 14.6 Å². The van der Waals surface area contributed by atoms with E-state index in [-0.39, 0.29) is 17.0 Å². The second-order valence-electron chi connectivity index (χ2n) is 7.89. The molecule has 0 saturated heterocycles. The number of fused-ring (bicyclic) bond motifs is 3. The van der Waals surface area contributed by atoms with Crippen LogP contribution in [0.4, 0.5) is 4.39 Å². The van der Waals surface area contributed by atoms with Crippen molar-refractivity contribution in [2.24, 2.45) is 5.41 Å². The summed E-state index contributed by atoms with van der Waals surface area (Å²) in [6, 6.07) is 10.1. The summed E-state index contributed by atoms with van der Waals surface area (Å²) in [5, 5.41) is 8.93. The monoisotopic (exact) mass is 337 g/mol. The largest absolute Gasteiger partial charge is 0.450 e. The molecule has 25 heavy (non-hydrogen) atoms. The van der Waals surface area contributed by atoms with Gasteiger partial charge in [0.05, 0.1) is 0 Å². The number of nitrogens with zero attached hydrogens (tertiary/aromatic N) is 3. The topological polar surface area (TPSA) is 39.4 Å². The molecule has 3 aromatic rings. The van der Waals surface area contributed by atoms with Crippen LogP contribution in [0.1, 0.15) is 44.9 Å². The molecule has 0 aliphatic heterocycles. The van der Waals surface area contributed by atoms with Crippen LogP contribution in [0.3, 0.4) is 0 Å². The highest BCUT2D eigenvalue weighted by Gasteiger charge is 2.54. The maximum atomic E-state index is 13.9. The van der Waals surface area contributed by atoms with Gasteiger partial charge in [-0.2, -0.15) is 0 Å². The summed E-state index contributed by atoms with van der Waals surface area (Å²) in [5.74, 6) is 1.38. The van der Waals surface area contributed by atoms with Gasteiger partial charge in [0.2, 0.25) is 5.65 Å². The third-order valence-corrected chi connectivity index (χ3v) is 6.11. The van der Waals surface area contributed by atoms with E-state index in [4.69, 9.17) is 4.74 Å². The third-order valence-electron chi connectivity index (χ3n) is 6.11. The number of para-hydroxylation sites is 1. The zero-order valence-corrected chi connectivity index (χ0v) is 14.2. The molecule has 5 heteroatoms. The van der Waals surface area contributed by atoms with E-state index in [9.17, 15) is 4.39 Å². The Bertz CT molecular complexity index is 956. The predicted octanol–water partition coefficient (Wildman–Crippen LogP) is 4.88. The van der Waals surface area contributed by atoms with Gasteiger partial charge in [0, 0.05) is 11.6 Å². The molecule has 2 aliphatic carbocycles. The number of pyridine rings is 1. The summed E-state index contributed by atoms with van der Waals surface area (Å²) in [4.78, 5) is 0. The molecule has 0 spiro atoms. The number of hydrogen-bond donors (Lipinski definition) is 0. The van der Waals surface area contributed by atoms with E-state index in [1.807, 2.05) is 22.7 Å². The Labute approximate surface area is 145 Å². The normalized spacial score (nSPS) is 27.9. The van der Waals surface area contributed by atoms with Crippen LogP contribution in [0.15, 0.2) is 42.6 Å². The van der Waals surface area contributed by atoms with Gasteiger partial charge in [-0.3, -0.25) is 4.40 Å². The summed E-state index contributed by atoms with van der Waals surface area (Å²) in [6.07, 6.45) is 8.02. The fourth-order valence-corrected chi connectivity index (χ4v) is 4.78. The van der Waals surface area contributed by atoms with Crippen molar-refractivity contribution in [2.45, 2.75) is 44.4 Å². The molecule has 1 aromatic carbocycles. The fraction of sp³-hybridized carbons (Fsp3) is 0.400. The van der Waals surface area contributed by atoms with Crippen LogP contribution in [0.2, 0.25) is 0 Å². The molecule has 0 unspecified atom stereocenters. The molecular formula is C20H20FN3O. The van der Waals surface area contributed by atoms with Crippen molar-refractivity contribution < 1.29 is 9.13 Å². The van der Waals surface area contributed by atoms with Gasteiger partial charge in [-0.05, 0) is 61.8 Å². The van der Waals surface area contributed by atoms with Crippen LogP contribution in [0.5, 0.6) is 11.5 Å². The fourth-order valence-electron chi connectivity index (χ4n) is 4.78. The highest BCUT2D eigenvalue weighted by atomic mass is 19.1. The molecule has 2 bridgehead atoms. The predicted molar refractivity (Wildman–Crippen MR) is 92.3 cm³/mol. The van der Waals surface area contributed by atoms with E-state index < -0.39 is 0 Å². The number of ether oxygens (including phenoxy) is 1. The highest BCUT2D eigenvalue weighted by molar-refractivity contribution is 5.55. The minimum atomic E-state index is -0.384. The van der Waals surface area contributed by atoms with Gasteiger partial charge < -0.3 is 4.74 Å². The van der Waals surface area contributed by atoms with E-state index in [0.717, 1.165) is 5.82 Å². The van der Waals surface area contributed by atoms with E-state index in [1.165, 1.54) is 38.2 Å². The molecule has 0 radical (unpaired) electrons. The average Bonchev–Trinajstić information content (AvgIpc) is 3.28. The van der Waals surface area contributed by atoms with Crippen LogP contribution in [-0.2, 0) is 5.41 Å². The number of rotatable bonds is 3. The molecule has 0 atom stereocenters. The second-order valence-corrected chi connectivity index (χ2v) is 7.89. The number of aromatic nitrogens is 3. The molecule has 2 heterocycles. The van der Waals surface area contributed by atoms with Crippen LogP contribution < -0.4 is 4.74 Å². The Kier molecular flexibility index (Phi) is 3.00. The zero-order valence-electron chi connectivity index (χ0n) is 14.2. The lowest BCUT2D eigenvalue weighted by Crippen LogP contribution is -2.23. The van der Waals surface area contributed by atoms with Crippen LogP contribution in [0, 0.1) is 11.2 Å². The molecule has 2 saturated carbocycles. The van der Waals surface area contributed by atoms with Crippen molar-refractivity contribution in [3.8, 4) is 11.5 Å². The number of hydrogen-bond acceptors (Lipinski definition) is 3. The van der Waals surface area contributed by atoms with E-state index in [1.54, 1.807) is 18.2 Å². The first-order valence-electron chi connectivity index (χ1n) is 8.85. The van der Waals surface area contributed by atoms with Gasteiger partial charge in [0.1, 0.15) is 5.82 Å². The maximum Gasteiger partial charge on any atom is 0.203 e. The van der Waals surface area contributed by atoms with Crippen molar-refractivity contribution in [1.29, 1.82) is 0 Å². The van der Waals surface area contributed by atoms with Crippen molar-refractivity contribution in [3.63, 3.8) is 0 Å². The van der Waals surface area contributed by atoms with Gasteiger partial charge in [-0.1, -0.05) is 19.1 Å². The first kappa shape index (κ1) is 14.9. The Morgan fingerprint density at radius 3 is 2.48 bits per heavy atom. The molecule has 128 valence electrons. The quantitative estimate of drug-likeness (QED) is 0.683. The van der Waals surface area contributed by atoms with Gasteiger partial charge in [0.15, 0.2) is 17.3 Å². The van der Waals surface area contributed by atoms with E-state index in [0.29, 0.717) is 16.8 Å². The third kappa shape index (κ3) is 2.18. The van der Waals surface area contributed by atoms with Crippen molar-refractivity contribution in [2.75, 3.05) is 0 Å². The van der Waals surface area contributed by atoms with Crippen LogP contribution in [-0.4, -0.2) is 14.6 Å². The second kappa shape index (κ2) is 5.04. The minimum absolute atomic E-state index is 0.130. The standard InChI is InChI=1S/C20H20FN3O/c1-19-8-10-20(13-19,11-9-19)18-23-22-17-16(7-4-12-24(17)18)25-15-6-3-2-5-14(15)21/h2-7,12H,8-11,13H2,1H3. The summed E-state index contributed by atoms with van der Waals surface area (Å²) in [5.41, 5.74) is 1.23. The van der Waals surface area contributed by atoms with Crippen molar-refractivity contribution in [3.05, 3.63) is 54.2 Å². The lowest BCUT2D eigenvalue weighted by molar-refractivity contribution is 0.325. The number of benzene rings is 1. The Morgan fingerprint density at radius 2 is 1.76 bits per heavy atom. The minimum Gasteiger partial charge on any atom is -0.450 e. The lowest BCUT2D eigenvalue weighted by atomic mass is 9.82.